The van der Waals surface area contributed by atoms with E-state index in [1.807, 2.05) is 6.92 Å². The normalized spacial score (nSPS) is 22.7. The van der Waals surface area contributed by atoms with Crippen LogP contribution in [0.4, 0.5) is 0 Å². The molecule has 104 valence electrons. The smallest absolute Gasteiger partial charge is 0.326 e. The van der Waals surface area contributed by atoms with Crippen LogP contribution in [0.15, 0.2) is 0 Å². The number of rotatable bonds is 4. The van der Waals surface area contributed by atoms with Crippen LogP contribution in [0.5, 0.6) is 0 Å². The first-order valence-electron chi connectivity index (χ1n) is 6.07. The third-order valence-corrected chi connectivity index (χ3v) is 3.82. The summed E-state index contributed by atoms with van der Waals surface area (Å²) < 4.78 is 3.76. The predicted octanol–water partition coefficient (Wildman–Crippen LogP) is 0.151. The van der Waals surface area contributed by atoms with Crippen molar-refractivity contribution in [1.82, 2.24) is 14.5 Å². The molecule has 8 heteroatoms. The maximum absolute atomic E-state index is 12.3. The predicted molar refractivity (Wildman–Crippen MR) is 67.0 cm³/mol. The summed E-state index contributed by atoms with van der Waals surface area (Å²) in [5.41, 5.74) is 0.600. The Morgan fingerprint density at radius 1 is 1.53 bits per heavy atom. The van der Waals surface area contributed by atoms with Gasteiger partial charge in [-0.05, 0) is 18.0 Å². The Morgan fingerprint density at radius 3 is 2.89 bits per heavy atom. The second-order valence-electron chi connectivity index (χ2n) is 4.50. The number of carboxylic acids is 1. The minimum atomic E-state index is -1.10. The maximum atomic E-state index is 12.3. The van der Waals surface area contributed by atoms with Crippen LogP contribution in [0.3, 0.4) is 0 Å². The zero-order chi connectivity index (χ0) is 14.0. The van der Waals surface area contributed by atoms with E-state index in [4.69, 9.17) is 5.11 Å². The summed E-state index contributed by atoms with van der Waals surface area (Å²) in [6.45, 7) is 2.01. The second-order valence-corrected chi connectivity index (χ2v) is 5.25. The topological polar surface area (TPSA) is 104 Å². The summed E-state index contributed by atoms with van der Waals surface area (Å²) >= 11 is 0.973. The van der Waals surface area contributed by atoms with Crippen molar-refractivity contribution >= 4 is 23.4 Å². The molecular weight excluding hydrogens is 270 g/mol. The number of aliphatic hydroxyl groups excluding tert-OH is 1. The summed E-state index contributed by atoms with van der Waals surface area (Å²) in [6.07, 6.45) is 0.735. The van der Waals surface area contributed by atoms with E-state index >= 15 is 0 Å². The number of nitrogens with zero attached hydrogens (tertiary/aromatic N) is 3. The summed E-state index contributed by atoms with van der Waals surface area (Å²) in [7, 11) is 0. The minimum absolute atomic E-state index is 0.0409. The van der Waals surface area contributed by atoms with Gasteiger partial charge in [-0.25, -0.2) is 4.79 Å². The van der Waals surface area contributed by atoms with Gasteiger partial charge in [0.1, 0.15) is 10.9 Å². The van der Waals surface area contributed by atoms with Gasteiger partial charge in [0.25, 0.3) is 5.91 Å². The van der Waals surface area contributed by atoms with Crippen LogP contribution >= 0.6 is 11.5 Å². The second kappa shape index (κ2) is 5.62. The van der Waals surface area contributed by atoms with Crippen molar-refractivity contribution in [2.45, 2.75) is 38.3 Å². The fourth-order valence-corrected chi connectivity index (χ4v) is 2.84. The Bertz CT molecular complexity index is 490. The quantitative estimate of drug-likeness (QED) is 0.816. The van der Waals surface area contributed by atoms with Crippen molar-refractivity contribution in [3.05, 3.63) is 10.6 Å². The standard InChI is InChI=1S/C11H15N3O4S/c1-2-3-7-9(19-13-12-7)10(16)14-5-6(15)4-8(14)11(17)18/h6,8,15H,2-5H2,1H3,(H,17,18)/t6?,8-/m0/s1. The molecule has 19 heavy (non-hydrogen) atoms. The van der Waals surface area contributed by atoms with Crippen LogP contribution < -0.4 is 0 Å². The van der Waals surface area contributed by atoms with E-state index < -0.39 is 24.0 Å². The Morgan fingerprint density at radius 2 is 2.26 bits per heavy atom. The van der Waals surface area contributed by atoms with Crippen molar-refractivity contribution in [2.75, 3.05) is 6.54 Å². The Kier molecular flexibility index (Phi) is 4.11. The first-order chi connectivity index (χ1) is 9.04. The number of carbonyl (C=O) groups is 2. The first kappa shape index (κ1) is 13.9. The number of aliphatic carboxylic acids is 1. The van der Waals surface area contributed by atoms with E-state index in [2.05, 4.69) is 9.59 Å². The molecule has 1 amide bonds. The number of likely N-dealkylation sites (tertiary alicyclic amines) is 1. The van der Waals surface area contributed by atoms with E-state index in [0.717, 1.165) is 18.0 Å². The molecule has 0 saturated carbocycles. The monoisotopic (exact) mass is 285 g/mol. The molecule has 1 saturated heterocycles. The molecule has 2 heterocycles. The number of amides is 1. The zero-order valence-corrected chi connectivity index (χ0v) is 11.3. The fourth-order valence-electron chi connectivity index (χ4n) is 2.17. The largest absolute Gasteiger partial charge is 0.480 e. The first-order valence-corrected chi connectivity index (χ1v) is 6.85. The number of hydrogen-bond acceptors (Lipinski definition) is 6. The molecule has 1 aliphatic rings. The van der Waals surface area contributed by atoms with Crippen LogP contribution in [0.25, 0.3) is 0 Å². The summed E-state index contributed by atoms with van der Waals surface area (Å²) in [6, 6.07) is -0.973. The average molecular weight is 285 g/mol. The SMILES string of the molecule is CCCc1nnsc1C(=O)N1CC(O)C[C@H]1C(=O)O. The lowest BCUT2D eigenvalue weighted by Gasteiger charge is -2.20. The van der Waals surface area contributed by atoms with Crippen molar-refractivity contribution in [3.63, 3.8) is 0 Å². The van der Waals surface area contributed by atoms with Gasteiger partial charge in [-0.15, -0.1) is 5.10 Å². The number of aliphatic hydroxyl groups is 1. The zero-order valence-electron chi connectivity index (χ0n) is 10.4. The highest BCUT2D eigenvalue weighted by Gasteiger charge is 2.40. The molecule has 0 aliphatic carbocycles. The third kappa shape index (κ3) is 2.74. The Balaban J connectivity index is 2.22. The van der Waals surface area contributed by atoms with Gasteiger partial charge in [0.2, 0.25) is 0 Å². The summed E-state index contributed by atoms with van der Waals surface area (Å²) in [5.74, 6) is -1.50. The van der Waals surface area contributed by atoms with Gasteiger partial charge in [-0.2, -0.15) is 0 Å². The molecule has 1 unspecified atom stereocenters. The number of aryl methyl sites for hydroxylation is 1. The van der Waals surface area contributed by atoms with Gasteiger partial charge in [0.15, 0.2) is 0 Å². The van der Waals surface area contributed by atoms with E-state index in [1.165, 1.54) is 4.90 Å². The molecule has 2 atom stereocenters. The van der Waals surface area contributed by atoms with Gasteiger partial charge in [0, 0.05) is 13.0 Å². The van der Waals surface area contributed by atoms with Gasteiger partial charge in [-0.1, -0.05) is 17.8 Å². The van der Waals surface area contributed by atoms with E-state index in [1.54, 1.807) is 0 Å². The molecule has 1 aliphatic heterocycles. The van der Waals surface area contributed by atoms with Crippen LogP contribution in [-0.4, -0.2) is 55.3 Å². The van der Waals surface area contributed by atoms with Gasteiger partial charge in [-0.3, -0.25) is 4.79 Å². The molecule has 0 aromatic carbocycles. The molecule has 1 aromatic rings. The van der Waals surface area contributed by atoms with E-state index in [9.17, 15) is 14.7 Å². The number of hydrogen-bond donors (Lipinski definition) is 2. The molecule has 0 spiro atoms. The fraction of sp³-hybridized carbons (Fsp3) is 0.636. The highest BCUT2D eigenvalue weighted by Crippen LogP contribution is 2.23. The molecule has 2 rings (SSSR count). The van der Waals surface area contributed by atoms with Crippen LogP contribution in [-0.2, 0) is 11.2 Å². The van der Waals surface area contributed by atoms with Crippen molar-refractivity contribution < 1.29 is 19.8 Å². The van der Waals surface area contributed by atoms with Crippen LogP contribution in [0.2, 0.25) is 0 Å². The molecule has 1 aromatic heterocycles. The highest BCUT2D eigenvalue weighted by atomic mass is 32.1. The van der Waals surface area contributed by atoms with Crippen LogP contribution in [0, 0.1) is 0 Å². The number of carbonyl (C=O) groups excluding carboxylic acids is 1. The number of β-amino-alcohol motifs (C(OH)–C–C–N with tert-alkyl or cyclic N) is 1. The van der Waals surface area contributed by atoms with Crippen molar-refractivity contribution in [1.29, 1.82) is 0 Å². The molecule has 1 fully saturated rings. The molecule has 7 nitrogen and oxygen atoms in total. The van der Waals surface area contributed by atoms with Crippen molar-refractivity contribution in [3.8, 4) is 0 Å². The Labute approximate surface area is 114 Å². The molecule has 0 bridgehead atoms. The highest BCUT2D eigenvalue weighted by molar-refractivity contribution is 7.08. The maximum Gasteiger partial charge on any atom is 0.326 e. The summed E-state index contributed by atoms with van der Waals surface area (Å²) in [5, 5.41) is 22.5. The van der Waals surface area contributed by atoms with E-state index in [-0.39, 0.29) is 13.0 Å². The molecular formula is C11H15N3O4S. The lowest BCUT2D eigenvalue weighted by molar-refractivity contribution is -0.141. The van der Waals surface area contributed by atoms with Gasteiger partial charge < -0.3 is 15.1 Å². The van der Waals surface area contributed by atoms with E-state index in [0.29, 0.717) is 17.0 Å². The average Bonchev–Trinajstić information content (AvgIpc) is 2.95. The van der Waals surface area contributed by atoms with Crippen molar-refractivity contribution in [2.24, 2.45) is 0 Å². The number of carboxylic acid groups (broad SMARTS) is 1. The third-order valence-electron chi connectivity index (χ3n) is 3.06. The van der Waals surface area contributed by atoms with Crippen LogP contribution in [0.1, 0.15) is 35.1 Å². The Hall–Kier alpha value is -1.54. The van der Waals surface area contributed by atoms with Gasteiger partial charge in [0.05, 0.1) is 11.8 Å². The number of aromatic nitrogens is 2. The van der Waals surface area contributed by atoms with Gasteiger partial charge >= 0.3 is 5.97 Å². The minimum Gasteiger partial charge on any atom is -0.480 e. The molecule has 0 radical (unpaired) electrons. The lowest BCUT2D eigenvalue weighted by Crippen LogP contribution is -2.40. The lowest BCUT2D eigenvalue weighted by atomic mass is 10.2. The summed E-state index contributed by atoms with van der Waals surface area (Å²) in [4.78, 5) is 25.0. The molecule has 2 N–H and O–H groups in total.